The molecule has 0 bridgehead atoms. The molecule has 110 valence electrons. The van der Waals surface area contributed by atoms with E-state index in [1.54, 1.807) is 0 Å². The first-order chi connectivity index (χ1) is 9.78. The van der Waals surface area contributed by atoms with Gasteiger partial charge in [0.05, 0.1) is 24.1 Å². The summed E-state index contributed by atoms with van der Waals surface area (Å²) < 4.78 is 5.97. The minimum atomic E-state index is 0.317. The highest BCUT2D eigenvalue weighted by molar-refractivity contribution is 5.72. The smallest absolute Gasteiger partial charge is 0.0877 e. The molecule has 0 aliphatic carbocycles. The highest BCUT2D eigenvalue weighted by Gasteiger charge is 2.27. The van der Waals surface area contributed by atoms with Gasteiger partial charge < -0.3 is 15.0 Å². The van der Waals surface area contributed by atoms with Gasteiger partial charge >= 0.3 is 0 Å². The van der Waals surface area contributed by atoms with Crippen molar-refractivity contribution < 1.29 is 4.74 Å². The van der Waals surface area contributed by atoms with Crippen LogP contribution in [0.1, 0.15) is 13.8 Å². The Hall–Kier alpha value is -1.26. The molecule has 2 aliphatic heterocycles. The number of likely N-dealkylation sites (N-methyl/N-ethyl adjacent to an activating group) is 1. The van der Waals surface area contributed by atoms with Crippen molar-refractivity contribution in [2.45, 2.75) is 26.0 Å². The molecule has 1 aromatic carbocycles. The van der Waals surface area contributed by atoms with Crippen molar-refractivity contribution in [1.82, 2.24) is 4.90 Å². The largest absolute Gasteiger partial charge is 0.381 e. The van der Waals surface area contributed by atoms with E-state index in [4.69, 9.17) is 4.74 Å². The molecule has 1 fully saturated rings. The van der Waals surface area contributed by atoms with Crippen molar-refractivity contribution >= 4 is 11.4 Å². The van der Waals surface area contributed by atoms with Gasteiger partial charge in [0.2, 0.25) is 0 Å². The zero-order valence-corrected chi connectivity index (χ0v) is 12.5. The minimum Gasteiger partial charge on any atom is -0.381 e. The van der Waals surface area contributed by atoms with E-state index in [1.807, 2.05) is 0 Å². The Bertz CT molecular complexity index is 451. The summed E-state index contributed by atoms with van der Waals surface area (Å²) in [5.74, 6) is 0. The number of rotatable bonds is 3. The molecule has 2 atom stereocenters. The van der Waals surface area contributed by atoms with Gasteiger partial charge in [-0.25, -0.2) is 0 Å². The van der Waals surface area contributed by atoms with Crippen LogP contribution in [0.2, 0.25) is 0 Å². The number of benzene rings is 1. The third-order valence-electron chi connectivity index (χ3n) is 4.40. The molecule has 4 heteroatoms. The Kier molecular flexibility index (Phi) is 4.13. The SMILES string of the molecule is CCN1CCOC(CN2c3ccccc3NCC2C)C1. The lowest BCUT2D eigenvalue weighted by Gasteiger charge is -2.41. The van der Waals surface area contributed by atoms with Gasteiger partial charge in [0.25, 0.3) is 0 Å². The Balaban J connectivity index is 1.73. The summed E-state index contributed by atoms with van der Waals surface area (Å²) in [5, 5.41) is 3.51. The number of nitrogens with one attached hydrogen (secondary N) is 1. The van der Waals surface area contributed by atoms with Crippen molar-refractivity contribution in [3.05, 3.63) is 24.3 Å². The molecule has 2 heterocycles. The first kappa shape index (κ1) is 13.7. The van der Waals surface area contributed by atoms with Crippen LogP contribution in [-0.4, -0.2) is 56.4 Å². The third kappa shape index (κ3) is 2.76. The Morgan fingerprint density at radius 2 is 2.20 bits per heavy atom. The molecule has 0 spiro atoms. The molecule has 2 aliphatic rings. The van der Waals surface area contributed by atoms with Gasteiger partial charge in [-0.05, 0) is 25.6 Å². The first-order valence-electron chi connectivity index (χ1n) is 7.71. The average molecular weight is 275 g/mol. The molecule has 1 saturated heterocycles. The number of morpholine rings is 1. The lowest BCUT2D eigenvalue weighted by molar-refractivity contribution is -0.0226. The van der Waals surface area contributed by atoms with Crippen LogP contribution < -0.4 is 10.2 Å². The maximum absolute atomic E-state index is 5.97. The summed E-state index contributed by atoms with van der Waals surface area (Å²) in [6.45, 7) is 10.6. The van der Waals surface area contributed by atoms with Crippen LogP contribution in [0.5, 0.6) is 0 Å². The van der Waals surface area contributed by atoms with Gasteiger partial charge in [-0.15, -0.1) is 0 Å². The molecule has 1 N–H and O–H groups in total. The van der Waals surface area contributed by atoms with E-state index < -0.39 is 0 Å². The van der Waals surface area contributed by atoms with Gasteiger partial charge in [0.1, 0.15) is 0 Å². The normalized spacial score (nSPS) is 27.0. The molecular formula is C16H25N3O. The molecule has 0 radical (unpaired) electrons. The highest BCUT2D eigenvalue weighted by Crippen LogP contribution is 2.31. The molecule has 2 unspecified atom stereocenters. The minimum absolute atomic E-state index is 0.317. The van der Waals surface area contributed by atoms with Crippen molar-refractivity contribution in [3.8, 4) is 0 Å². The quantitative estimate of drug-likeness (QED) is 0.913. The van der Waals surface area contributed by atoms with Gasteiger partial charge in [-0.1, -0.05) is 19.1 Å². The molecule has 3 rings (SSSR count). The molecule has 0 aromatic heterocycles. The lowest BCUT2D eigenvalue weighted by Crippen LogP contribution is -2.51. The second-order valence-electron chi connectivity index (χ2n) is 5.79. The zero-order valence-electron chi connectivity index (χ0n) is 12.5. The van der Waals surface area contributed by atoms with Gasteiger partial charge in [0.15, 0.2) is 0 Å². The van der Waals surface area contributed by atoms with Crippen molar-refractivity contribution in [2.75, 3.05) is 49.5 Å². The van der Waals surface area contributed by atoms with E-state index in [9.17, 15) is 0 Å². The van der Waals surface area contributed by atoms with E-state index in [-0.39, 0.29) is 0 Å². The maximum atomic E-state index is 5.97. The van der Waals surface area contributed by atoms with E-state index in [0.717, 1.165) is 39.3 Å². The number of fused-ring (bicyclic) bond motifs is 1. The second-order valence-corrected chi connectivity index (χ2v) is 5.79. The fourth-order valence-corrected chi connectivity index (χ4v) is 3.15. The predicted molar refractivity (Wildman–Crippen MR) is 83.6 cm³/mol. The summed E-state index contributed by atoms with van der Waals surface area (Å²) in [7, 11) is 0. The average Bonchev–Trinajstić information content (AvgIpc) is 2.50. The van der Waals surface area contributed by atoms with Crippen LogP contribution in [-0.2, 0) is 4.74 Å². The summed E-state index contributed by atoms with van der Waals surface area (Å²) in [6.07, 6.45) is 0.317. The fourth-order valence-electron chi connectivity index (χ4n) is 3.15. The summed E-state index contributed by atoms with van der Waals surface area (Å²) in [4.78, 5) is 4.97. The molecule has 0 saturated carbocycles. The topological polar surface area (TPSA) is 27.7 Å². The van der Waals surface area contributed by atoms with E-state index in [1.165, 1.54) is 11.4 Å². The zero-order chi connectivity index (χ0) is 13.9. The standard InChI is InChI=1S/C16H25N3O/c1-3-18-8-9-20-14(11-18)12-19-13(2)10-17-15-6-4-5-7-16(15)19/h4-7,13-14,17H,3,8-12H2,1-2H3. The number of hydrogen-bond donors (Lipinski definition) is 1. The van der Waals surface area contributed by atoms with Crippen molar-refractivity contribution in [3.63, 3.8) is 0 Å². The number of nitrogens with zero attached hydrogens (tertiary/aromatic N) is 2. The van der Waals surface area contributed by atoms with Crippen LogP contribution in [0, 0.1) is 0 Å². The molecule has 20 heavy (non-hydrogen) atoms. The first-order valence-corrected chi connectivity index (χ1v) is 7.71. The second kappa shape index (κ2) is 6.02. The van der Waals surface area contributed by atoms with E-state index in [2.05, 4.69) is 53.2 Å². The van der Waals surface area contributed by atoms with E-state index >= 15 is 0 Å². The summed E-state index contributed by atoms with van der Waals surface area (Å²) >= 11 is 0. The monoisotopic (exact) mass is 275 g/mol. The summed E-state index contributed by atoms with van der Waals surface area (Å²) in [6, 6.07) is 9.08. The van der Waals surface area contributed by atoms with E-state index in [0.29, 0.717) is 12.1 Å². The van der Waals surface area contributed by atoms with Gasteiger partial charge in [-0.2, -0.15) is 0 Å². The number of anilines is 2. The number of para-hydroxylation sites is 2. The van der Waals surface area contributed by atoms with Crippen LogP contribution >= 0.6 is 0 Å². The number of ether oxygens (including phenoxy) is 1. The molecule has 0 amide bonds. The Morgan fingerprint density at radius 3 is 3.05 bits per heavy atom. The predicted octanol–water partition coefficient (Wildman–Crippen LogP) is 2.03. The van der Waals surface area contributed by atoms with Gasteiger partial charge in [-0.3, -0.25) is 4.90 Å². The van der Waals surface area contributed by atoms with Crippen LogP contribution in [0.3, 0.4) is 0 Å². The third-order valence-corrected chi connectivity index (χ3v) is 4.40. The molecule has 4 nitrogen and oxygen atoms in total. The van der Waals surface area contributed by atoms with Crippen LogP contribution in [0.4, 0.5) is 11.4 Å². The van der Waals surface area contributed by atoms with Crippen LogP contribution in [0.15, 0.2) is 24.3 Å². The van der Waals surface area contributed by atoms with Crippen LogP contribution in [0.25, 0.3) is 0 Å². The Labute approximate surface area is 121 Å². The van der Waals surface area contributed by atoms with Gasteiger partial charge in [0, 0.05) is 32.2 Å². The fraction of sp³-hybridized carbons (Fsp3) is 0.625. The molecule has 1 aromatic rings. The maximum Gasteiger partial charge on any atom is 0.0877 e. The van der Waals surface area contributed by atoms with Crippen molar-refractivity contribution in [2.24, 2.45) is 0 Å². The summed E-state index contributed by atoms with van der Waals surface area (Å²) in [5.41, 5.74) is 2.55. The molecular weight excluding hydrogens is 250 g/mol. The Morgan fingerprint density at radius 1 is 1.35 bits per heavy atom. The lowest BCUT2D eigenvalue weighted by atomic mass is 10.1. The number of hydrogen-bond acceptors (Lipinski definition) is 4. The van der Waals surface area contributed by atoms with Crippen molar-refractivity contribution in [1.29, 1.82) is 0 Å². The highest BCUT2D eigenvalue weighted by atomic mass is 16.5.